The van der Waals surface area contributed by atoms with E-state index in [-0.39, 0.29) is 6.42 Å². The van der Waals surface area contributed by atoms with Crippen molar-refractivity contribution in [1.29, 1.82) is 5.26 Å². The zero-order valence-corrected chi connectivity index (χ0v) is 13.2. The molecule has 1 rings (SSSR count). The number of primary amides is 1. The Kier molecular flexibility index (Phi) is 6.54. The van der Waals surface area contributed by atoms with E-state index in [1.165, 1.54) is 0 Å². The number of nitrogens with zero attached hydrogens (tertiary/aromatic N) is 1. The van der Waals surface area contributed by atoms with Gasteiger partial charge in [-0.3, -0.25) is 4.79 Å². The first-order chi connectivity index (χ1) is 10.3. The van der Waals surface area contributed by atoms with Crippen molar-refractivity contribution in [3.63, 3.8) is 0 Å². The van der Waals surface area contributed by atoms with Crippen molar-refractivity contribution in [2.75, 3.05) is 0 Å². The molecule has 0 bridgehead atoms. The van der Waals surface area contributed by atoms with E-state index in [0.29, 0.717) is 12.8 Å². The Labute approximate surface area is 131 Å². The number of nitrogens with two attached hydrogens (primary N) is 2. The molecular weight excluding hydrogens is 278 g/mol. The highest BCUT2D eigenvalue weighted by atomic mass is 16.3. The normalized spacial score (nSPS) is 15.6. The van der Waals surface area contributed by atoms with Crippen LogP contribution in [0.15, 0.2) is 30.3 Å². The number of carbonyl (C=O) groups is 1. The van der Waals surface area contributed by atoms with E-state index in [9.17, 15) is 15.2 Å². The smallest absolute Gasteiger partial charge is 0.223 e. The number of aliphatic hydroxyl groups excluding tert-OH is 1. The molecule has 120 valence electrons. The fraction of sp³-hybridized carbons (Fsp3) is 0.529. The quantitative estimate of drug-likeness (QED) is 0.672. The fourth-order valence-electron chi connectivity index (χ4n) is 2.39. The maximum atomic E-state index is 11.4. The predicted molar refractivity (Wildman–Crippen MR) is 85.4 cm³/mol. The molecule has 0 aliphatic carbocycles. The standard InChI is InChI=1S/C17H25N3O2/c1-17(2,16(20)22)10-13(11-18)9-15(21)14(19)8-12-6-4-3-5-7-12/h3-7,13-15,21H,8-10,19H2,1-2H3,(H2,20,22)/t13?,14-,15+/m0/s1. The second-order valence-electron chi connectivity index (χ2n) is 6.43. The van der Waals surface area contributed by atoms with Crippen LogP contribution in [0.1, 0.15) is 32.3 Å². The van der Waals surface area contributed by atoms with Gasteiger partial charge in [-0.15, -0.1) is 0 Å². The molecule has 1 aromatic carbocycles. The predicted octanol–water partition coefficient (Wildman–Crippen LogP) is 1.35. The summed E-state index contributed by atoms with van der Waals surface area (Å²) in [4.78, 5) is 11.4. The number of nitriles is 1. The van der Waals surface area contributed by atoms with Crippen LogP contribution in [0.5, 0.6) is 0 Å². The van der Waals surface area contributed by atoms with E-state index in [4.69, 9.17) is 11.5 Å². The maximum absolute atomic E-state index is 11.4. The molecule has 5 heteroatoms. The Balaban J connectivity index is 2.59. The van der Waals surface area contributed by atoms with Gasteiger partial charge in [-0.1, -0.05) is 44.2 Å². The third kappa shape index (κ3) is 5.47. The van der Waals surface area contributed by atoms with Crippen molar-refractivity contribution < 1.29 is 9.90 Å². The molecule has 3 atom stereocenters. The van der Waals surface area contributed by atoms with Crippen molar-refractivity contribution in [2.24, 2.45) is 22.8 Å². The van der Waals surface area contributed by atoms with Crippen LogP contribution in [0, 0.1) is 22.7 Å². The van der Waals surface area contributed by atoms with E-state index in [0.717, 1.165) is 5.56 Å². The van der Waals surface area contributed by atoms with E-state index in [1.54, 1.807) is 13.8 Å². The molecule has 0 spiro atoms. The Morgan fingerprint density at radius 2 is 1.95 bits per heavy atom. The number of carbonyl (C=O) groups excluding carboxylic acids is 1. The Morgan fingerprint density at radius 3 is 2.45 bits per heavy atom. The first kappa shape index (κ1) is 18.1. The minimum absolute atomic E-state index is 0.237. The van der Waals surface area contributed by atoms with Crippen molar-refractivity contribution in [3.8, 4) is 6.07 Å². The summed E-state index contributed by atoms with van der Waals surface area (Å²) in [6, 6.07) is 11.3. The van der Waals surface area contributed by atoms with Crippen LogP contribution in [-0.2, 0) is 11.2 Å². The second-order valence-corrected chi connectivity index (χ2v) is 6.43. The van der Waals surface area contributed by atoms with Gasteiger partial charge in [-0.05, 0) is 24.8 Å². The van der Waals surface area contributed by atoms with E-state index in [2.05, 4.69) is 6.07 Å². The first-order valence-electron chi connectivity index (χ1n) is 7.43. The molecule has 1 unspecified atom stereocenters. The molecule has 0 saturated heterocycles. The van der Waals surface area contributed by atoms with E-state index in [1.807, 2.05) is 30.3 Å². The lowest BCUT2D eigenvalue weighted by Gasteiger charge is -2.26. The topological polar surface area (TPSA) is 113 Å². The Bertz CT molecular complexity index is 522. The zero-order valence-electron chi connectivity index (χ0n) is 13.2. The molecule has 0 aliphatic rings. The summed E-state index contributed by atoms with van der Waals surface area (Å²) in [7, 11) is 0. The number of aliphatic hydroxyl groups is 1. The summed E-state index contributed by atoms with van der Waals surface area (Å²) < 4.78 is 0. The van der Waals surface area contributed by atoms with Gasteiger partial charge >= 0.3 is 0 Å². The van der Waals surface area contributed by atoms with Gasteiger partial charge in [0.25, 0.3) is 0 Å². The van der Waals surface area contributed by atoms with Gasteiger partial charge in [-0.25, -0.2) is 0 Å². The summed E-state index contributed by atoms with van der Waals surface area (Å²) in [6.07, 6.45) is 0.294. The Morgan fingerprint density at radius 1 is 1.36 bits per heavy atom. The number of amides is 1. The molecule has 22 heavy (non-hydrogen) atoms. The lowest BCUT2D eigenvalue weighted by molar-refractivity contribution is -0.126. The molecule has 1 amide bonds. The summed E-state index contributed by atoms with van der Waals surface area (Å²) in [5.74, 6) is -0.907. The van der Waals surface area contributed by atoms with Crippen LogP contribution >= 0.6 is 0 Å². The van der Waals surface area contributed by atoms with Crippen LogP contribution in [0.4, 0.5) is 0 Å². The van der Waals surface area contributed by atoms with Crippen molar-refractivity contribution in [1.82, 2.24) is 0 Å². The molecule has 0 aromatic heterocycles. The number of hydrogen-bond donors (Lipinski definition) is 3. The third-order valence-electron chi connectivity index (χ3n) is 3.94. The van der Waals surface area contributed by atoms with Gasteiger partial charge in [0.05, 0.1) is 12.2 Å². The minimum Gasteiger partial charge on any atom is -0.391 e. The number of rotatable bonds is 8. The monoisotopic (exact) mass is 303 g/mol. The van der Waals surface area contributed by atoms with Crippen LogP contribution in [0.25, 0.3) is 0 Å². The lowest BCUT2D eigenvalue weighted by Crippen LogP contribution is -2.39. The van der Waals surface area contributed by atoms with Gasteiger partial charge < -0.3 is 16.6 Å². The van der Waals surface area contributed by atoms with E-state index >= 15 is 0 Å². The minimum atomic E-state index is -0.798. The van der Waals surface area contributed by atoms with Gasteiger partial charge in [0.15, 0.2) is 0 Å². The zero-order chi connectivity index (χ0) is 16.8. The van der Waals surface area contributed by atoms with Crippen molar-refractivity contribution >= 4 is 5.91 Å². The largest absolute Gasteiger partial charge is 0.391 e. The van der Waals surface area contributed by atoms with Crippen molar-refractivity contribution in [3.05, 3.63) is 35.9 Å². The molecule has 0 saturated carbocycles. The maximum Gasteiger partial charge on any atom is 0.223 e. The number of benzene rings is 1. The molecule has 0 radical (unpaired) electrons. The molecule has 0 fully saturated rings. The fourth-order valence-corrected chi connectivity index (χ4v) is 2.39. The SMILES string of the molecule is CC(C)(CC(C#N)C[C@@H](O)[C@@H](N)Cc1ccccc1)C(N)=O. The molecule has 0 aliphatic heterocycles. The van der Waals surface area contributed by atoms with Crippen LogP contribution in [-0.4, -0.2) is 23.2 Å². The highest BCUT2D eigenvalue weighted by Crippen LogP contribution is 2.27. The van der Waals surface area contributed by atoms with Crippen LogP contribution in [0.3, 0.4) is 0 Å². The lowest BCUT2D eigenvalue weighted by atomic mass is 9.80. The summed E-state index contributed by atoms with van der Waals surface area (Å²) in [6.45, 7) is 3.41. The molecule has 5 nitrogen and oxygen atoms in total. The third-order valence-corrected chi connectivity index (χ3v) is 3.94. The van der Waals surface area contributed by atoms with Crippen LogP contribution < -0.4 is 11.5 Å². The average molecular weight is 303 g/mol. The van der Waals surface area contributed by atoms with Gasteiger partial charge in [0, 0.05) is 17.4 Å². The van der Waals surface area contributed by atoms with Crippen molar-refractivity contribution in [2.45, 2.75) is 45.3 Å². The summed E-state index contributed by atoms with van der Waals surface area (Å²) in [5.41, 5.74) is 11.6. The van der Waals surface area contributed by atoms with Gasteiger partial charge in [0.1, 0.15) is 0 Å². The first-order valence-corrected chi connectivity index (χ1v) is 7.43. The summed E-state index contributed by atoms with van der Waals surface area (Å²) in [5, 5.41) is 19.5. The van der Waals surface area contributed by atoms with Gasteiger partial charge in [-0.2, -0.15) is 5.26 Å². The average Bonchev–Trinajstić information content (AvgIpc) is 2.47. The molecule has 0 heterocycles. The summed E-state index contributed by atoms with van der Waals surface area (Å²) >= 11 is 0. The van der Waals surface area contributed by atoms with E-state index < -0.39 is 29.4 Å². The molecular formula is C17H25N3O2. The van der Waals surface area contributed by atoms with Crippen LogP contribution in [0.2, 0.25) is 0 Å². The molecule has 5 N–H and O–H groups in total. The second kappa shape index (κ2) is 7.92. The highest BCUT2D eigenvalue weighted by molar-refractivity contribution is 5.79. The highest BCUT2D eigenvalue weighted by Gasteiger charge is 2.31. The van der Waals surface area contributed by atoms with Gasteiger partial charge in [0.2, 0.25) is 5.91 Å². The molecule has 1 aromatic rings. The number of hydrogen-bond acceptors (Lipinski definition) is 4. The Hall–Kier alpha value is -1.90.